The van der Waals surface area contributed by atoms with Crippen LogP contribution in [0.3, 0.4) is 0 Å². The molecule has 0 atom stereocenters. The summed E-state index contributed by atoms with van der Waals surface area (Å²) in [5.74, 6) is -0.922. The Morgan fingerprint density at radius 3 is 2.69 bits per heavy atom. The second-order valence-electron chi connectivity index (χ2n) is 2.84. The normalized spacial score (nSPS) is 10.0. The highest BCUT2D eigenvalue weighted by molar-refractivity contribution is 7.80. The van der Waals surface area contributed by atoms with Gasteiger partial charge in [0.2, 0.25) is 0 Å². The average Bonchev–Trinajstić information content (AvgIpc) is 1.98. The summed E-state index contributed by atoms with van der Waals surface area (Å²) in [6, 6.07) is 3.24. The van der Waals surface area contributed by atoms with Crippen LogP contribution in [-0.2, 0) is 11.2 Å². The Morgan fingerprint density at radius 2 is 2.15 bits per heavy atom. The number of aliphatic carboxylic acids is 1. The van der Waals surface area contributed by atoms with Gasteiger partial charge in [0.05, 0.1) is 6.42 Å². The van der Waals surface area contributed by atoms with Crippen molar-refractivity contribution < 1.29 is 15.0 Å². The third kappa shape index (κ3) is 2.39. The number of hydrogen-bond acceptors (Lipinski definition) is 3. The number of benzene rings is 1. The maximum Gasteiger partial charge on any atom is 0.307 e. The van der Waals surface area contributed by atoms with E-state index in [1.807, 2.05) is 0 Å². The molecule has 0 saturated carbocycles. The minimum atomic E-state index is -0.964. The smallest absolute Gasteiger partial charge is 0.307 e. The number of aryl methyl sites for hydroxylation is 1. The first-order valence-electron chi connectivity index (χ1n) is 3.74. The Bertz CT molecular complexity index is 347. The molecular weight excluding hydrogens is 188 g/mol. The van der Waals surface area contributed by atoms with E-state index in [-0.39, 0.29) is 12.2 Å². The molecular formula is C9H10O3S. The summed E-state index contributed by atoms with van der Waals surface area (Å²) in [5, 5.41) is 18.0. The van der Waals surface area contributed by atoms with E-state index in [4.69, 9.17) is 5.11 Å². The molecule has 0 heterocycles. The van der Waals surface area contributed by atoms with Gasteiger partial charge in [-0.1, -0.05) is 0 Å². The molecule has 0 radical (unpaired) electrons. The van der Waals surface area contributed by atoms with Crippen molar-refractivity contribution in [3.05, 3.63) is 23.3 Å². The topological polar surface area (TPSA) is 57.5 Å². The fraction of sp³-hybridized carbons (Fsp3) is 0.222. The number of hydrogen-bond donors (Lipinski definition) is 3. The van der Waals surface area contributed by atoms with Crippen molar-refractivity contribution >= 4 is 18.6 Å². The van der Waals surface area contributed by atoms with E-state index < -0.39 is 5.97 Å². The van der Waals surface area contributed by atoms with Crippen molar-refractivity contribution in [1.29, 1.82) is 0 Å². The fourth-order valence-electron chi connectivity index (χ4n) is 1.13. The van der Waals surface area contributed by atoms with Crippen LogP contribution < -0.4 is 0 Å². The molecule has 70 valence electrons. The van der Waals surface area contributed by atoms with Crippen LogP contribution in [0.2, 0.25) is 0 Å². The quantitative estimate of drug-likeness (QED) is 0.633. The molecule has 0 aliphatic heterocycles. The number of carboxylic acids is 1. The van der Waals surface area contributed by atoms with Crippen LogP contribution in [-0.4, -0.2) is 16.2 Å². The van der Waals surface area contributed by atoms with Crippen molar-refractivity contribution in [3.63, 3.8) is 0 Å². The zero-order valence-corrected chi connectivity index (χ0v) is 8.01. The van der Waals surface area contributed by atoms with Gasteiger partial charge in [0, 0.05) is 10.5 Å². The average molecular weight is 198 g/mol. The molecule has 0 bridgehead atoms. The Morgan fingerprint density at radius 1 is 1.54 bits per heavy atom. The van der Waals surface area contributed by atoms with E-state index in [0.29, 0.717) is 16.0 Å². The Hall–Kier alpha value is -1.16. The predicted octanol–water partition coefficient (Wildman–Crippen LogP) is 1.62. The van der Waals surface area contributed by atoms with Crippen LogP contribution in [0.25, 0.3) is 0 Å². The first kappa shape index (κ1) is 9.92. The zero-order valence-electron chi connectivity index (χ0n) is 7.11. The number of carboxylic acid groups (broad SMARTS) is 1. The van der Waals surface area contributed by atoms with Crippen LogP contribution in [0.1, 0.15) is 11.1 Å². The lowest BCUT2D eigenvalue weighted by atomic mass is 10.1. The van der Waals surface area contributed by atoms with E-state index >= 15 is 0 Å². The van der Waals surface area contributed by atoms with Crippen LogP contribution in [0.4, 0.5) is 0 Å². The molecule has 1 aromatic rings. The van der Waals surface area contributed by atoms with Gasteiger partial charge in [0.25, 0.3) is 0 Å². The van der Waals surface area contributed by atoms with Crippen molar-refractivity contribution in [1.82, 2.24) is 0 Å². The molecule has 0 aliphatic carbocycles. The maximum absolute atomic E-state index is 10.4. The standard InChI is InChI=1S/C9H10O3S/c1-5-2-7(13)3-6(9(5)12)4-8(10)11/h2-3,12-13H,4H2,1H3,(H,10,11). The highest BCUT2D eigenvalue weighted by Gasteiger charge is 2.08. The minimum absolute atomic E-state index is 0.0419. The Kier molecular flexibility index (Phi) is 2.83. The summed E-state index contributed by atoms with van der Waals surface area (Å²) < 4.78 is 0. The number of carbonyl (C=O) groups is 1. The second kappa shape index (κ2) is 3.70. The lowest BCUT2D eigenvalue weighted by Gasteiger charge is -2.05. The minimum Gasteiger partial charge on any atom is -0.507 e. The lowest BCUT2D eigenvalue weighted by Crippen LogP contribution is -2.01. The lowest BCUT2D eigenvalue weighted by molar-refractivity contribution is -0.136. The summed E-state index contributed by atoms with van der Waals surface area (Å²) in [6.07, 6.45) is -0.179. The Labute approximate surface area is 81.4 Å². The van der Waals surface area contributed by atoms with Gasteiger partial charge in [0.1, 0.15) is 5.75 Å². The van der Waals surface area contributed by atoms with Gasteiger partial charge in [-0.3, -0.25) is 4.79 Å². The van der Waals surface area contributed by atoms with Crippen molar-refractivity contribution in [2.24, 2.45) is 0 Å². The highest BCUT2D eigenvalue weighted by Crippen LogP contribution is 2.25. The van der Waals surface area contributed by atoms with Crippen LogP contribution in [0.5, 0.6) is 5.75 Å². The van der Waals surface area contributed by atoms with Crippen LogP contribution >= 0.6 is 12.6 Å². The zero-order chi connectivity index (χ0) is 10.0. The van der Waals surface area contributed by atoms with Gasteiger partial charge in [-0.15, -0.1) is 12.6 Å². The maximum atomic E-state index is 10.4. The third-order valence-corrected chi connectivity index (χ3v) is 1.96. The van der Waals surface area contributed by atoms with Crippen LogP contribution in [0.15, 0.2) is 17.0 Å². The summed E-state index contributed by atoms with van der Waals surface area (Å²) in [5.41, 5.74) is 1.04. The van der Waals surface area contributed by atoms with Crippen molar-refractivity contribution in [3.8, 4) is 5.75 Å². The number of phenols is 1. The van der Waals surface area contributed by atoms with Crippen molar-refractivity contribution in [2.75, 3.05) is 0 Å². The van der Waals surface area contributed by atoms with E-state index in [1.165, 1.54) is 0 Å². The van der Waals surface area contributed by atoms with Gasteiger partial charge in [0.15, 0.2) is 0 Å². The molecule has 0 fully saturated rings. The van der Waals surface area contributed by atoms with E-state index in [0.717, 1.165) is 0 Å². The molecule has 1 aromatic carbocycles. The van der Waals surface area contributed by atoms with Gasteiger partial charge in [-0.25, -0.2) is 0 Å². The summed E-state index contributed by atoms with van der Waals surface area (Å²) in [7, 11) is 0. The third-order valence-electron chi connectivity index (χ3n) is 1.71. The molecule has 0 aromatic heterocycles. The summed E-state index contributed by atoms with van der Waals surface area (Å²) in [6.45, 7) is 1.71. The first-order valence-corrected chi connectivity index (χ1v) is 4.18. The molecule has 0 spiro atoms. The largest absolute Gasteiger partial charge is 0.507 e. The van der Waals surface area contributed by atoms with Gasteiger partial charge < -0.3 is 10.2 Å². The molecule has 1 rings (SSSR count). The molecule has 4 heteroatoms. The van der Waals surface area contributed by atoms with Gasteiger partial charge in [-0.2, -0.15) is 0 Å². The molecule has 0 aliphatic rings. The van der Waals surface area contributed by atoms with Gasteiger partial charge in [-0.05, 0) is 24.6 Å². The van der Waals surface area contributed by atoms with Gasteiger partial charge >= 0.3 is 5.97 Å². The summed E-state index contributed by atoms with van der Waals surface area (Å²) >= 11 is 4.09. The van der Waals surface area contributed by atoms with E-state index in [9.17, 15) is 9.90 Å². The molecule has 0 saturated heterocycles. The SMILES string of the molecule is Cc1cc(S)cc(CC(=O)O)c1O. The molecule has 3 nitrogen and oxygen atoms in total. The van der Waals surface area contributed by atoms with Crippen LogP contribution in [0, 0.1) is 6.92 Å². The number of phenolic OH excluding ortho intramolecular Hbond substituents is 1. The predicted molar refractivity (Wildman–Crippen MR) is 51.4 cm³/mol. The number of thiol groups is 1. The fourth-order valence-corrected chi connectivity index (χ4v) is 1.48. The first-order chi connectivity index (χ1) is 6.00. The molecule has 0 amide bonds. The highest BCUT2D eigenvalue weighted by atomic mass is 32.1. The monoisotopic (exact) mass is 198 g/mol. The molecule has 2 N–H and O–H groups in total. The van der Waals surface area contributed by atoms with E-state index in [1.54, 1.807) is 19.1 Å². The Balaban J connectivity index is 3.12. The summed E-state index contributed by atoms with van der Waals surface area (Å²) in [4.78, 5) is 11.1. The number of aromatic hydroxyl groups is 1. The van der Waals surface area contributed by atoms with Crippen molar-refractivity contribution in [2.45, 2.75) is 18.2 Å². The molecule has 0 unspecified atom stereocenters. The molecule has 13 heavy (non-hydrogen) atoms. The van der Waals surface area contributed by atoms with E-state index in [2.05, 4.69) is 12.6 Å². The number of rotatable bonds is 2. The second-order valence-corrected chi connectivity index (χ2v) is 3.36.